The summed E-state index contributed by atoms with van der Waals surface area (Å²) in [5.41, 5.74) is -1.19. The van der Waals surface area contributed by atoms with Gasteiger partial charge in [0.25, 0.3) is 0 Å². The number of hydrogen-bond acceptors (Lipinski definition) is 4. The molecule has 19 heavy (non-hydrogen) atoms. The van der Waals surface area contributed by atoms with Crippen LogP contribution in [-0.2, 0) is 14.3 Å². The highest BCUT2D eigenvalue weighted by Crippen LogP contribution is 2.23. The predicted molar refractivity (Wildman–Crippen MR) is 69.3 cm³/mol. The molecule has 4 amide bonds. The maximum absolute atomic E-state index is 12.0. The highest BCUT2D eigenvalue weighted by Gasteiger charge is 2.46. The van der Waals surface area contributed by atoms with E-state index >= 15 is 0 Å². The fourth-order valence-electron chi connectivity index (χ4n) is 1.69. The number of rotatable bonds is 6. The van der Waals surface area contributed by atoms with E-state index in [0.717, 1.165) is 4.90 Å². The van der Waals surface area contributed by atoms with Crippen molar-refractivity contribution >= 4 is 17.8 Å². The van der Waals surface area contributed by atoms with E-state index in [4.69, 9.17) is 4.74 Å². The summed E-state index contributed by atoms with van der Waals surface area (Å²) in [5.74, 6) is -0.545. The number of carbonyl (C=O) groups is 3. The van der Waals surface area contributed by atoms with Gasteiger partial charge in [-0.1, -0.05) is 13.8 Å². The Morgan fingerprint density at radius 1 is 1.26 bits per heavy atom. The molecule has 1 aliphatic rings. The summed E-state index contributed by atoms with van der Waals surface area (Å²) in [7, 11) is 0. The molecule has 1 aliphatic heterocycles. The number of ether oxygens (including phenoxy) is 1. The van der Waals surface area contributed by atoms with E-state index in [0.29, 0.717) is 25.6 Å². The molecule has 1 heterocycles. The Bertz CT molecular complexity index is 377. The van der Waals surface area contributed by atoms with Crippen molar-refractivity contribution in [2.75, 3.05) is 19.8 Å². The Labute approximate surface area is 113 Å². The molecule has 0 aromatic heterocycles. The molecule has 0 unspecified atom stereocenters. The molecule has 0 radical (unpaired) electrons. The van der Waals surface area contributed by atoms with Gasteiger partial charge in [0.05, 0.1) is 0 Å². The van der Waals surface area contributed by atoms with Crippen LogP contribution in [-0.4, -0.2) is 42.5 Å². The number of amides is 4. The lowest BCUT2D eigenvalue weighted by molar-refractivity contribution is -0.149. The molecule has 1 saturated heterocycles. The highest BCUT2D eigenvalue weighted by molar-refractivity contribution is 6.18. The third kappa shape index (κ3) is 3.76. The van der Waals surface area contributed by atoms with E-state index in [2.05, 4.69) is 19.2 Å². The standard InChI is InChI=1S/C13H22N2O4/c1-9(2)8-19-7-5-6-15-11(17)13(3,4)10(16)14-12(15)18/h9H,5-8H2,1-4H3,(H,14,16,18). The Kier molecular flexibility index (Phi) is 5.05. The number of nitrogens with zero attached hydrogens (tertiary/aromatic N) is 1. The van der Waals surface area contributed by atoms with Gasteiger partial charge < -0.3 is 4.74 Å². The van der Waals surface area contributed by atoms with Crippen LogP contribution in [0, 0.1) is 11.3 Å². The van der Waals surface area contributed by atoms with Crippen LogP contribution in [0.5, 0.6) is 0 Å². The fraction of sp³-hybridized carbons (Fsp3) is 0.769. The molecule has 6 nitrogen and oxygen atoms in total. The number of carbonyl (C=O) groups excluding carboxylic acids is 3. The Balaban J connectivity index is 2.46. The molecule has 0 aromatic carbocycles. The van der Waals surface area contributed by atoms with E-state index in [1.807, 2.05) is 0 Å². The smallest absolute Gasteiger partial charge is 0.330 e. The van der Waals surface area contributed by atoms with Crippen LogP contribution in [0.2, 0.25) is 0 Å². The lowest BCUT2D eigenvalue weighted by atomic mass is 9.89. The molecule has 1 fully saturated rings. The first-order chi connectivity index (χ1) is 8.76. The third-order valence-corrected chi connectivity index (χ3v) is 2.93. The molecule has 1 rings (SSSR count). The van der Waals surface area contributed by atoms with Crippen molar-refractivity contribution in [1.29, 1.82) is 0 Å². The zero-order valence-electron chi connectivity index (χ0n) is 12.0. The number of barbiturate groups is 1. The molecule has 108 valence electrons. The Morgan fingerprint density at radius 3 is 2.47 bits per heavy atom. The summed E-state index contributed by atoms with van der Waals surface area (Å²) in [6.07, 6.45) is 0.566. The lowest BCUT2D eigenvalue weighted by Gasteiger charge is -2.34. The maximum Gasteiger partial charge on any atom is 0.330 e. The van der Waals surface area contributed by atoms with Gasteiger partial charge >= 0.3 is 6.03 Å². The van der Waals surface area contributed by atoms with Crippen molar-refractivity contribution < 1.29 is 19.1 Å². The SMILES string of the molecule is CC(C)COCCCN1C(=O)NC(=O)C(C)(C)C1=O. The van der Waals surface area contributed by atoms with Gasteiger partial charge in [-0.15, -0.1) is 0 Å². The second-order valence-corrected chi connectivity index (χ2v) is 5.66. The van der Waals surface area contributed by atoms with Crippen LogP contribution in [0.1, 0.15) is 34.1 Å². The number of imide groups is 2. The molecular formula is C13H22N2O4. The normalized spacial score (nSPS) is 19.0. The summed E-state index contributed by atoms with van der Waals surface area (Å²) in [6, 6.07) is -0.641. The van der Waals surface area contributed by atoms with Crippen LogP contribution in [0.4, 0.5) is 4.79 Å². The second-order valence-electron chi connectivity index (χ2n) is 5.66. The van der Waals surface area contributed by atoms with Crippen molar-refractivity contribution in [3.63, 3.8) is 0 Å². The van der Waals surface area contributed by atoms with Crippen molar-refractivity contribution in [2.24, 2.45) is 11.3 Å². The minimum atomic E-state index is -1.19. The average Bonchev–Trinajstić information content (AvgIpc) is 2.30. The Hall–Kier alpha value is -1.43. The fourth-order valence-corrected chi connectivity index (χ4v) is 1.69. The number of hydrogen-bond donors (Lipinski definition) is 1. The van der Waals surface area contributed by atoms with E-state index in [1.165, 1.54) is 13.8 Å². The molecule has 0 saturated carbocycles. The lowest BCUT2D eigenvalue weighted by Crippen LogP contribution is -2.62. The first kappa shape index (κ1) is 15.6. The van der Waals surface area contributed by atoms with Gasteiger partial charge in [0.1, 0.15) is 5.41 Å². The monoisotopic (exact) mass is 270 g/mol. The third-order valence-electron chi connectivity index (χ3n) is 2.93. The predicted octanol–water partition coefficient (Wildman–Crippen LogP) is 1.15. The van der Waals surface area contributed by atoms with Crippen LogP contribution in [0.25, 0.3) is 0 Å². The van der Waals surface area contributed by atoms with E-state index < -0.39 is 23.3 Å². The second kappa shape index (κ2) is 6.14. The molecular weight excluding hydrogens is 248 g/mol. The van der Waals surface area contributed by atoms with Crippen molar-refractivity contribution in [3.8, 4) is 0 Å². The topological polar surface area (TPSA) is 75.7 Å². The minimum absolute atomic E-state index is 0.263. The molecule has 0 atom stereocenters. The molecule has 0 spiro atoms. The number of nitrogens with one attached hydrogen (secondary N) is 1. The average molecular weight is 270 g/mol. The van der Waals surface area contributed by atoms with Crippen LogP contribution >= 0.6 is 0 Å². The van der Waals surface area contributed by atoms with Gasteiger partial charge in [-0.2, -0.15) is 0 Å². The van der Waals surface area contributed by atoms with Gasteiger partial charge in [-0.3, -0.25) is 19.8 Å². The summed E-state index contributed by atoms with van der Waals surface area (Å²) in [5, 5.41) is 2.20. The largest absolute Gasteiger partial charge is 0.381 e. The van der Waals surface area contributed by atoms with Gasteiger partial charge in [0, 0.05) is 19.8 Å². The van der Waals surface area contributed by atoms with Gasteiger partial charge in [0.2, 0.25) is 11.8 Å². The van der Waals surface area contributed by atoms with Crippen molar-refractivity contribution in [3.05, 3.63) is 0 Å². The van der Waals surface area contributed by atoms with Gasteiger partial charge in [-0.25, -0.2) is 4.79 Å². The molecule has 0 bridgehead atoms. The highest BCUT2D eigenvalue weighted by atomic mass is 16.5. The van der Waals surface area contributed by atoms with Crippen molar-refractivity contribution in [1.82, 2.24) is 10.2 Å². The molecule has 0 aliphatic carbocycles. The molecule has 1 N–H and O–H groups in total. The van der Waals surface area contributed by atoms with E-state index in [1.54, 1.807) is 0 Å². The summed E-state index contributed by atoms with van der Waals surface area (Å²) < 4.78 is 5.39. The summed E-state index contributed by atoms with van der Waals surface area (Å²) in [4.78, 5) is 36.3. The zero-order valence-corrected chi connectivity index (χ0v) is 12.0. The summed E-state index contributed by atoms with van der Waals surface area (Å²) in [6.45, 7) is 8.54. The van der Waals surface area contributed by atoms with Gasteiger partial charge in [-0.05, 0) is 26.2 Å². The van der Waals surface area contributed by atoms with Crippen LogP contribution < -0.4 is 5.32 Å². The first-order valence-electron chi connectivity index (χ1n) is 6.52. The number of urea groups is 1. The zero-order chi connectivity index (χ0) is 14.6. The van der Waals surface area contributed by atoms with Crippen LogP contribution in [0.3, 0.4) is 0 Å². The minimum Gasteiger partial charge on any atom is -0.381 e. The quantitative estimate of drug-likeness (QED) is 0.580. The molecule has 0 aromatic rings. The maximum atomic E-state index is 12.0. The van der Waals surface area contributed by atoms with E-state index in [-0.39, 0.29) is 6.54 Å². The van der Waals surface area contributed by atoms with E-state index in [9.17, 15) is 14.4 Å². The summed E-state index contributed by atoms with van der Waals surface area (Å²) >= 11 is 0. The molecule has 6 heteroatoms. The van der Waals surface area contributed by atoms with Gasteiger partial charge in [0.15, 0.2) is 0 Å². The Morgan fingerprint density at radius 2 is 1.89 bits per heavy atom. The van der Waals surface area contributed by atoms with Crippen molar-refractivity contribution in [2.45, 2.75) is 34.1 Å². The first-order valence-corrected chi connectivity index (χ1v) is 6.52. The van der Waals surface area contributed by atoms with Crippen LogP contribution in [0.15, 0.2) is 0 Å².